The summed E-state index contributed by atoms with van der Waals surface area (Å²) in [4.78, 5) is 38.5. The van der Waals surface area contributed by atoms with Crippen molar-refractivity contribution in [3.63, 3.8) is 0 Å². The first-order valence-corrected chi connectivity index (χ1v) is 38.2. The molecule has 0 aromatic heterocycles. The van der Waals surface area contributed by atoms with Gasteiger partial charge in [-0.2, -0.15) is 0 Å². The summed E-state index contributed by atoms with van der Waals surface area (Å²) in [5, 5.41) is 0. The highest BCUT2D eigenvalue weighted by Crippen LogP contribution is 2.20. The van der Waals surface area contributed by atoms with Crippen LogP contribution in [0.3, 0.4) is 0 Å². The van der Waals surface area contributed by atoms with Crippen LogP contribution in [0.25, 0.3) is 0 Å². The fraction of sp³-hybridized carbons (Fsp3) is 0.935. The van der Waals surface area contributed by atoms with Crippen LogP contribution in [0.5, 0.6) is 0 Å². The van der Waals surface area contributed by atoms with Crippen LogP contribution in [0.1, 0.15) is 445 Å². The van der Waals surface area contributed by atoms with Crippen molar-refractivity contribution >= 4 is 17.9 Å². The zero-order chi connectivity index (χ0) is 59.9. The Morgan fingerprint density at radius 2 is 0.398 bits per heavy atom. The Morgan fingerprint density at radius 3 is 0.602 bits per heavy atom. The van der Waals surface area contributed by atoms with Crippen molar-refractivity contribution in [1.29, 1.82) is 0 Å². The van der Waals surface area contributed by atoms with E-state index in [1.165, 1.54) is 347 Å². The Labute approximate surface area is 520 Å². The van der Waals surface area contributed by atoms with Crippen LogP contribution in [0, 0.1) is 0 Å². The van der Waals surface area contributed by atoms with Crippen molar-refractivity contribution in [3.8, 4) is 0 Å². The zero-order valence-electron chi connectivity index (χ0n) is 56.8. The van der Waals surface area contributed by atoms with E-state index >= 15 is 0 Å². The average molecular weight is 1170 g/mol. The average Bonchev–Trinajstić information content (AvgIpc) is 3.49. The van der Waals surface area contributed by atoms with Crippen molar-refractivity contribution in [2.24, 2.45) is 0 Å². The first-order chi connectivity index (χ1) is 41.0. The van der Waals surface area contributed by atoms with Gasteiger partial charge in [0.25, 0.3) is 0 Å². The third kappa shape index (κ3) is 70.8. The van der Waals surface area contributed by atoms with E-state index in [1.54, 1.807) is 0 Å². The van der Waals surface area contributed by atoms with Gasteiger partial charge in [-0.25, -0.2) is 0 Å². The lowest BCUT2D eigenvalue weighted by molar-refractivity contribution is -0.167. The highest BCUT2D eigenvalue weighted by Gasteiger charge is 2.20. The molecule has 0 aliphatic carbocycles. The predicted octanol–water partition coefficient (Wildman–Crippen LogP) is 26.3. The third-order valence-corrected chi connectivity index (χ3v) is 17.8. The van der Waals surface area contributed by atoms with Crippen molar-refractivity contribution < 1.29 is 28.6 Å². The van der Waals surface area contributed by atoms with E-state index in [2.05, 4.69) is 32.9 Å². The molecule has 0 N–H and O–H groups in total. The molecule has 1 atom stereocenters. The maximum absolute atomic E-state index is 13.0. The van der Waals surface area contributed by atoms with Gasteiger partial charge in [-0.05, 0) is 44.9 Å². The molecular formula is C77H148O6. The molecule has 0 aliphatic rings. The molecule has 6 nitrogen and oxygen atoms in total. The van der Waals surface area contributed by atoms with E-state index in [9.17, 15) is 14.4 Å². The van der Waals surface area contributed by atoms with Gasteiger partial charge in [0.2, 0.25) is 0 Å². The first kappa shape index (κ1) is 81.2. The summed E-state index contributed by atoms with van der Waals surface area (Å²) in [5.41, 5.74) is 0. The van der Waals surface area contributed by atoms with Crippen LogP contribution in [0.2, 0.25) is 0 Å². The number of hydrogen-bond donors (Lipinski definition) is 0. The minimum Gasteiger partial charge on any atom is -0.462 e. The van der Waals surface area contributed by atoms with E-state index in [0.29, 0.717) is 19.3 Å². The molecule has 0 amide bonds. The van der Waals surface area contributed by atoms with Crippen LogP contribution in [0.15, 0.2) is 12.2 Å². The van der Waals surface area contributed by atoms with Gasteiger partial charge in [0.05, 0.1) is 0 Å². The smallest absolute Gasteiger partial charge is 0.306 e. The molecule has 0 saturated heterocycles. The number of unbranched alkanes of at least 4 members (excludes halogenated alkanes) is 59. The highest BCUT2D eigenvalue weighted by molar-refractivity contribution is 5.71. The number of esters is 3. The largest absolute Gasteiger partial charge is 0.462 e. The fourth-order valence-corrected chi connectivity index (χ4v) is 12.0. The summed E-state index contributed by atoms with van der Waals surface area (Å²) in [7, 11) is 0. The Bertz CT molecular complexity index is 1300. The Hall–Kier alpha value is -1.85. The minimum atomic E-state index is -0.767. The van der Waals surface area contributed by atoms with Gasteiger partial charge in [0.1, 0.15) is 13.2 Å². The number of rotatable bonds is 72. The lowest BCUT2D eigenvalue weighted by atomic mass is 10.0. The lowest BCUT2D eigenvalue weighted by Crippen LogP contribution is -2.30. The van der Waals surface area contributed by atoms with Crippen LogP contribution >= 0.6 is 0 Å². The van der Waals surface area contributed by atoms with Gasteiger partial charge < -0.3 is 14.2 Å². The Balaban J connectivity index is 4.15. The molecule has 83 heavy (non-hydrogen) atoms. The Morgan fingerprint density at radius 1 is 0.229 bits per heavy atom. The van der Waals surface area contributed by atoms with Crippen LogP contribution < -0.4 is 0 Å². The van der Waals surface area contributed by atoms with Gasteiger partial charge >= 0.3 is 17.9 Å². The molecule has 0 saturated carbocycles. The van der Waals surface area contributed by atoms with Gasteiger partial charge in [-0.3, -0.25) is 14.4 Å². The van der Waals surface area contributed by atoms with Gasteiger partial charge in [0.15, 0.2) is 6.10 Å². The summed E-state index contributed by atoms with van der Waals surface area (Å²) in [6, 6.07) is 0. The van der Waals surface area contributed by atoms with E-state index in [1.807, 2.05) is 0 Å². The second kappa shape index (κ2) is 72.6. The Kier molecular flexibility index (Phi) is 71.0. The minimum absolute atomic E-state index is 0.0629. The normalized spacial score (nSPS) is 12.0. The van der Waals surface area contributed by atoms with Crippen LogP contribution in [0.4, 0.5) is 0 Å². The van der Waals surface area contributed by atoms with Crippen molar-refractivity contribution in [3.05, 3.63) is 12.2 Å². The molecule has 0 rings (SSSR count). The molecule has 6 heteroatoms. The van der Waals surface area contributed by atoms with Crippen LogP contribution in [-0.4, -0.2) is 37.2 Å². The predicted molar refractivity (Wildman–Crippen MR) is 363 cm³/mol. The SMILES string of the molecule is CCCCCCCCCC/C=C\CCCCCCCCCCCCCC(=O)OC(COC(=O)CCCCCCCCCCCCCCC)COC(=O)CCCCCCCCCCCCCCCCCCCCCCCCCCCCCCC. The first-order valence-electron chi connectivity index (χ1n) is 38.2. The van der Waals surface area contributed by atoms with Crippen molar-refractivity contribution in [1.82, 2.24) is 0 Å². The topological polar surface area (TPSA) is 78.9 Å². The third-order valence-electron chi connectivity index (χ3n) is 17.8. The standard InChI is InChI=1S/C77H148O6/c1-4-7-10-13-16-19-22-25-27-29-31-33-35-36-37-38-39-40-42-43-45-47-49-52-55-58-61-64-67-70-76(79)82-73-74(72-81-75(78)69-66-63-60-57-54-51-24-21-18-15-12-9-6-3)83-77(80)71-68-65-62-59-56-53-50-48-46-44-41-34-32-30-28-26-23-20-17-14-11-8-5-2/h30,32,74H,4-29,31,33-73H2,1-3H3/b32-30-. The van der Waals surface area contributed by atoms with Crippen molar-refractivity contribution in [2.45, 2.75) is 451 Å². The number of carbonyl (C=O) groups excluding carboxylic acids is 3. The monoisotopic (exact) mass is 1170 g/mol. The summed E-state index contributed by atoms with van der Waals surface area (Å²) >= 11 is 0. The van der Waals surface area contributed by atoms with Crippen molar-refractivity contribution in [2.75, 3.05) is 13.2 Å². The number of carbonyl (C=O) groups is 3. The molecule has 0 aromatic rings. The van der Waals surface area contributed by atoms with E-state index < -0.39 is 6.10 Å². The van der Waals surface area contributed by atoms with Gasteiger partial charge in [0, 0.05) is 19.3 Å². The van der Waals surface area contributed by atoms with Crippen LogP contribution in [-0.2, 0) is 28.6 Å². The van der Waals surface area contributed by atoms with E-state index in [4.69, 9.17) is 14.2 Å². The molecule has 0 radical (unpaired) electrons. The molecule has 0 aromatic carbocycles. The highest BCUT2D eigenvalue weighted by atomic mass is 16.6. The second-order valence-electron chi connectivity index (χ2n) is 26.3. The molecule has 492 valence electrons. The molecule has 0 bridgehead atoms. The second-order valence-corrected chi connectivity index (χ2v) is 26.3. The quantitative estimate of drug-likeness (QED) is 0.0261. The molecular weight excluding hydrogens is 1020 g/mol. The molecule has 0 fully saturated rings. The fourth-order valence-electron chi connectivity index (χ4n) is 12.0. The van der Waals surface area contributed by atoms with E-state index in [0.717, 1.165) is 57.8 Å². The molecule has 0 spiro atoms. The lowest BCUT2D eigenvalue weighted by Gasteiger charge is -2.18. The maximum Gasteiger partial charge on any atom is 0.306 e. The zero-order valence-corrected chi connectivity index (χ0v) is 56.8. The summed E-state index contributed by atoms with van der Waals surface area (Å²) < 4.78 is 17.0. The number of ether oxygens (including phenoxy) is 3. The number of allylic oxidation sites excluding steroid dienone is 2. The summed E-state index contributed by atoms with van der Waals surface area (Å²) in [6.07, 6.45) is 88.4. The van der Waals surface area contributed by atoms with Gasteiger partial charge in [-0.1, -0.05) is 392 Å². The number of hydrogen-bond acceptors (Lipinski definition) is 6. The molecule has 0 heterocycles. The molecule has 1 unspecified atom stereocenters. The van der Waals surface area contributed by atoms with E-state index in [-0.39, 0.29) is 31.1 Å². The maximum atomic E-state index is 13.0. The summed E-state index contributed by atoms with van der Waals surface area (Å²) in [5.74, 6) is -0.825. The summed E-state index contributed by atoms with van der Waals surface area (Å²) in [6.45, 7) is 6.74. The van der Waals surface area contributed by atoms with Gasteiger partial charge in [-0.15, -0.1) is 0 Å². The molecule has 0 aliphatic heterocycles.